The summed E-state index contributed by atoms with van der Waals surface area (Å²) in [5, 5.41) is 0. The zero-order valence-corrected chi connectivity index (χ0v) is 25.6. The molecule has 0 bridgehead atoms. The monoisotopic (exact) mass is 1000 g/mol. The van der Waals surface area contributed by atoms with E-state index in [1.165, 1.54) is 0 Å². The van der Waals surface area contributed by atoms with E-state index in [0.717, 1.165) is 0 Å². The summed E-state index contributed by atoms with van der Waals surface area (Å²) in [6, 6.07) is 0. The molecule has 41 heteroatoms. The normalized spacial score (nSPS) is 18.3. The fourth-order valence-electron chi connectivity index (χ4n) is 3.26. The maximum atomic E-state index is 14.1. The van der Waals surface area contributed by atoms with Crippen LogP contribution in [0.15, 0.2) is 0 Å². The second-order valence-corrected chi connectivity index (χ2v) is 13.0. The SMILES string of the molecule is O=P(O)(C(F)(F)C(F)(F)C(F)(F)C(F)(F)C(F)(F)C(F)(F)C(F)(F)C(F)(F)F)C(F)(F)C(F)(F)C(F)(F)C(F)(F)C(F)(F)C(F)(F)C(F)(F)C(F)(F)C(F)(F)C(F)(F)F. The second-order valence-electron chi connectivity index (χ2n) is 10.7. The van der Waals surface area contributed by atoms with Crippen LogP contribution in [0.4, 0.5) is 167 Å². The molecule has 1 atom stereocenters. The fourth-order valence-corrected chi connectivity index (χ4v) is 4.66. The average molecular weight is 1000 g/mol. The van der Waals surface area contributed by atoms with Crippen molar-refractivity contribution in [3.8, 4) is 0 Å². The van der Waals surface area contributed by atoms with Crippen molar-refractivity contribution in [2.45, 2.75) is 107 Å². The van der Waals surface area contributed by atoms with Crippen LogP contribution in [0.3, 0.4) is 0 Å². The minimum atomic E-state index is -11.5. The lowest BCUT2D eigenvalue weighted by atomic mass is 9.87. The van der Waals surface area contributed by atoms with E-state index in [0.29, 0.717) is 0 Å². The first-order valence-corrected chi connectivity index (χ1v) is 13.7. The zero-order valence-electron chi connectivity index (χ0n) is 24.7. The molecule has 0 saturated heterocycles. The summed E-state index contributed by atoms with van der Waals surface area (Å²) in [4.78, 5) is 8.45. The minimum Gasteiger partial charge on any atom is -0.336 e. The molecule has 0 rings (SSSR count). The van der Waals surface area contributed by atoms with Gasteiger partial charge >= 0.3 is 114 Å². The topological polar surface area (TPSA) is 37.3 Å². The van der Waals surface area contributed by atoms with Gasteiger partial charge in [-0.1, -0.05) is 0 Å². The Labute approximate surface area is 291 Å². The minimum absolute atomic E-state index is 8.45. The molecule has 0 aliphatic carbocycles. The van der Waals surface area contributed by atoms with Crippen molar-refractivity contribution in [1.29, 1.82) is 0 Å². The van der Waals surface area contributed by atoms with Crippen LogP contribution in [-0.2, 0) is 4.57 Å². The number of halogens is 38. The lowest BCUT2D eigenvalue weighted by molar-refractivity contribution is -0.472. The molecule has 0 spiro atoms. The van der Waals surface area contributed by atoms with Gasteiger partial charge in [0.25, 0.3) is 0 Å². The van der Waals surface area contributed by atoms with Crippen LogP contribution in [-0.4, -0.2) is 111 Å². The van der Waals surface area contributed by atoms with Gasteiger partial charge in [0.2, 0.25) is 0 Å². The van der Waals surface area contributed by atoms with E-state index in [-0.39, 0.29) is 0 Å². The van der Waals surface area contributed by atoms with Gasteiger partial charge in [0.1, 0.15) is 0 Å². The summed E-state index contributed by atoms with van der Waals surface area (Å²) in [6.07, 6.45) is -16.9. The molecule has 0 aliphatic heterocycles. The quantitative estimate of drug-likeness (QED) is 0.124. The maximum Gasteiger partial charge on any atom is 0.460 e. The zero-order chi connectivity index (χ0) is 49.5. The second kappa shape index (κ2) is 13.3. The molecule has 0 fully saturated rings. The van der Waals surface area contributed by atoms with E-state index in [4.69, 9.17) is 4.89 Å². The molecule has 0 radical (unpaired) electrons. The summed E-state index contributed by atoms with van der Waals surface area (Å²) in [7, 11) is -11.5. The van der Waals surface area contributed by atoms with Crippen molar-refractivity contribution in [3.63, 3.8) is 0 Å². The largest absolute Gasteiger partial charge is 0.460 e. The average Bonchev–Trinajstić information content (AvgIpc) is 2.98. The van der Waals surface area contributed by atoms with E-state index in [1.54, 1.807) is 0 Å². The molecule has 0 aromatic rings. The van der Waals surface area contributed by atoms with Crippen LogP contribution < -0.4 is 0 Å². The predicted octanol–water partition coefficient (Wildman–Crippen LogP) is 12.5. The van der Waals surface area contributed by atoms with Crippen LogP contribution in [0.5, 0.6) is 0 Å². The molecular formula is C18HF38O2P. The molecule has 1 N–H and O–H groups in total. The third kappa shape index (κ3) is 6.25. The van der Waals surface area contributed by atoms with Gasteiger partial charge in [-0.15, -0.1) is 0 Å². The number of rotatable bonds is 16. The van der Waals surface area contributed by atoms with Crippen LogP contribution >= 0.6 is 7.37 Å². The number of hydrogen-bond acceptors (Lipinski definition) is 1. The lowest BCUT2D eigenvalue weighted by Crippen LogP contribution is -2.77. The van der Waals surface area contributed by atoms with Crippen LogP contribution in [0.1, 0.15) is 0 Å². The van der Waals surface area contributed by atoms with E-state index in [1.807, 2.05) is 0 Å². The van der Waals surface area contributed by atoms with Crippen molar-refractivity contribution < 1.29 is 176 Å². The molecule has 356 valence electrons. The highest BCUT2D eigenvalue weighted by atomic mass is 31.2. The van der Waals surface area contributed by atoms with Crippen LogP contribution in [0, 0.1) is 0 Å². The summed E-state index contributed by atoms with van der Waals surface area (Å²) in [5.41, 5.74) is -20.2. The van der Waals surface area contributed by atoms with Gasteiger partial charge in [-0.2, -0.15) is 167 Å². The van der Waals surface area contributed by atoms with Gasteiger partial charge in [0.05, 0.1) is 0 Å². The number of hydrogen-bond donors (Lipinski definition) is 1. The Morgan fingerprint density at radius 2 is 0.305 bits per heavy atom. The number of alkyl halides is 38. The summed E-state index contributed by atoms with van der Waals surface area (Å²) in [6.45, 7) is 0. The Kier molecular flexibility index (Phi) is 12.7. The van der Waals surface area contributed by atoms with Crippen molar-refractivity contribution in [3.05, 3.63) is 0 Å². The first-order valence-electron chi connectivity index (χ1n) is 12.0. The molecule has 0 aliphatic rings. The molecule has 1 unspecified atom stereocenters. The van der Waals surface area contributed by atoms with E-state index >= 15 is 0 Å². The molecule has 0 heterocycles. The maximum absolute atomic E-state index is 14.1. The highest BCUT2D eigenvalue weighted by Gasteiger charge is 3.02. The predicted molar refractivity (Wildman–Crippen MR) is 101 cm³/mol. The van der Waals surface area contributed by atoms with Gasteiger partial charge in [0.15, 0.2) is 0 Å². The van der Waals surface area contributed by atoms with E-state index in [9.17, 15) is 171 Å². The smallest absolute Gasteiger partial charge is 0.336 e. The van der Waals surface area contributed by atoms with Crippen LogP contribution in [0.2, 0.25) is 0 Å². The first kappa shape index (κ1) is 56.5. The third-order valence-electron chi connectivity index (χ3n) is 6.96. The van der Waals surface area contributed by atoms with Crippen molar-refractivity contribution in [2.75, 3.05) is 0 Å². The fraction of sp³-hybridized carbons (Fsp3) is 1.00. The Morgan fingerprint density at radius 1 is 0.203 bits per heavy atom. The Hall–Kier alpha value is -2.47. The molecular weight excluding hydrogens is 1000 g/mol. The van der Waals surface area contributed by atoms with Gasteiger partial charge in [0, 0.05) is 0 Å². The highest BCUT2D eigenvalue weighted by Crippen LogP contribution is 2.79. The van der Waals surface area contributed by atoms with E-state index in [2.05, 4.69) is 0 Å². The summed E-state index contributed by atoms with van der Waals surface area (Å²) in [5.74, 6) is -138. The Bertz CT molecular complexity index is 1610. The van der Waals surface area contributed by atoms with Crippen molar-refractivity contribution in [2.24, 2.45) is 0 Å². The molecule has 0 aromatic carbocycles. The summed E-state index contributed by atoms with van der Waals surface area (Å²) >= 11 is 0. The molecule has 2 nitrogen and oxygen atoms in total. The first-order chi connectivity index (χ1) is 24.5. The summed E-state index contributed by atoms with van der Waals surface area (Å²) < 4.78 is 519. The molecule has 0 amide bonds. The van der Waals surface area contributed by atoms with Gasteiger partial charge in [-0.05, 0) is 0 Å². The highest BCUT2D eigenvalue weighted by molar-refractivity contribution is 7.60. The van der Waals surface area contributed by atoms with Gasteiger partial charge in [-0.25, -0.2) is 0 Å². The van der Waals surface area contributed by atoms with Crippen molar-refractivity contribution >= 4 is 7.37 Å². The van der Waals surface area contributed by atoms with Gasteiger partial charge in [-0.3, -0.25) is 4.57 Å². The molecule has 0 saturated carbocycles. The Morgan fingerprint density at radius 3 is 0.424 bits per heavy atom. The standard InChI is InChI=1S/C18HF38O2P/c19-1(20,3(23,24)7(31,32)11(39,40)15(47,48)49)2(21,22)5(27,28)9(35,36)13(43,44)17(53,54)59(57,58)18(55,56)14(45,46)10(37,38)6(29,30)4(25,26)8(33,34)12(41,42)16(50,51)52/h(H,57,58). The van der Waals surface area contributed by atoms with Crippen LogP contribution in [0.25, 0.3) is 0 Å². The van der Waals surface area contributed by atoms with Crippen molar-refractivity contribution in [1.82, 2.24) is 0 Å². The third-order valence-corrected chi connectivity index (χ3v) is 9.05. The van der Waals surface area contributed by atoms with Gasteiger partial charge < -0.3 is 4.89 Å². The Balaban J connectivity index is 7.93. The molecule has 0 aromatic heterocycles. The molecule has 59 heavy (non-hydrogen) atoms. The van der Waals surface area contributed by atoms with E-state index < -0.39 is 114 Å². The lowest BCUT2D eigenvalue weighted by Gasteiger charge is -2.46.